The Hall–Kier alpha value is -1.88. The van der Waals surface area contributed by atoms with E-state index in [1.54, 1.807) is 6.07 Å². The zero-order valence-corrected chi connectivity index (χ0v) is 11.7. The molecule has 1 saturated heterocycles. The van der Waals surface area contributed by atoms with Gasteiger partial charge in [0.1, 0.15) is 17.3 Å². The maximum atomic E-state index is 14.1. The third-order valence-corrected chi connectivity index (χ3v) is 3.58. The Balaban J connectivity index is 1.99. The molecule has 1 aliphatic heterocycles. The molecule has 5 heteroatoms. The predicted molar refractivity (Wildman–Crippen MR) is 76.5 cm³/mol. The van der Waals surface area contributed by atoms with Crippen LogP contribution < -0.4 is 10.2 Å². The number of rotatable bonds is 2. The van der Waals surface area contributed by atoms with Crippen LogP contribution in [0.4, 0.5) is 10.1 Å². The van der Waals surface area contributed by atoms with Gasteiger partial charge in [0.2, 0.25) is 0 Å². The van der Waals surface area contributed by atoms with Gasteiger partial charge in [-0.15, -0.1) is 0 Å². The van der Waals surface area contributed by atoms with Crippen LogP contribution in [0.1, 0.15) is 11.7 Å². The van der Waals surface area contributed by atoms with Gasteiger partial charge in [-0.25, -0.2) is 9.37 Å². The number of piperazine rings is 1. The molecule has 1 N–H and O–H groups in total. The van der Waals surface area contributed by atoms with Crippen molar-refractivity contribution in [2.24, 2.45) is 0 Å². The van der Waals surface area contributed by atoms with Crippen LogP contribution in [-0.2, 0) is 0 Å². The molecule has 0 unspecified atom stereocenters. The molecule has 0 bridgehead atoms. The largest absolute Gasteiger partial charge is 0.446 e. The summed E-state index contributed by atoms with van der Waals surface area (Å²) in [7, 11) is 0. The SMILES string of the molecule is Cc1nc(-c2ccc(F)c(N3CCNCC3)c2)c(C)o1. The normalized spacial score (nSPS) is 15.7. The van der Waals surface area contributed by atoms with Gasteiger partial charge in [0.05, 0.1) is 5.69 Å². The van der Waals surface area contributed by atoms with E-state index in [0.717, 1.165) is 43.2 Å². The van der Waals surface area contributed by atoms with Gasteiger partial charge in [-0.2, -0.15) is 0 Å². The molecule has 0 radical (unpaired) electrons. The number of aromatic nitrogens is 1. The highest BCUT2D eigenvalue weighted by atomic mass is 19.1. The number of benzene rings is 1. The number of hydrogen-bond donors (Lipinski definition) is 1. The van der Waals surface area contributed by atoms with Crippen molar-refractivity contribution in [1.29, 1.82) is 0 Å². The van der Waals surface area contributed by atoms with Crippen LogP contribution in [0, 0.1) is 19.7 Å². The van der Waals surface area contributed by atoms with Crippen LogP contribution in [0.2, 0.25) is 0 Å². The highest BCUT2D eigenvalue weighted by Crippen LogP contribution is 2.29. The maximum absolute atomic E-state index is 14.1. The smallest absolute Gasteiger partial charge is 0.191 e. The molecular weight excluding hydrogens is 257 g/mol. The fourth-order valence-electron chi connectivity index (χ4n) is 2.60. The summed E-state index contributed by atoms with van der Waals surface area (Å²) in [6, 6.07) is 5.13. The van der Waals surface area contributed by atoms with Crippen LogP contribution in [0.3, 0.4) is 0 Å². The standard InChI is InChI=1S/C15H18FN3O/c1-10-15(18-11(2)20-10)12-3-4-13(16)14(9-12)19-7-5-17-6-8-19/h3-4,9,17H,5-8H2,1-2H3. The fourth-order valence-corrected chi connectivity index (χ4v) is 2.60. The van der Waals surface area contributed by atoms with Crippen molar-refractivity contribution in [3.8, 4) is 11.3 Å². The second kappa shape index (κ2) is 5.25. The first-order chi connectivity index (χ1) is 9.65. The average Bonchev–Trinajstić information content (AvgIpc) is 2.79. The highest BCUT2D eigenvalue weighted by molar-refractivity contribution is 5.67. The summed E-state index contributed by atoms with van der Waals surface area (Å²) < 4.78 is 19.5. The maximum Gasteiger partial charge on any atom is 0.191 e. The molecule has 2 heterocycles. The Morgan fingerprint density at radius 1 is 1.25 bits per heavy atom. The van der Waals surface area contributed by atoms with Crippen LogP contribution in [0.25, 0.3) is 11.3 Å². The van der Waals surface area contributed by atoms with Gasteiger partial charge < -0.3 is 14.6 Å². The summed E-state index contributed by atoms with van der Waals surface area (Å²) in [5, 5.41) is 3.27. The summed E-state index contributed by atoms with van der Waals surface area (Å²) in [6.07, 6.45) is 0. The number of oxazole rings is 1. The lowest BCUT2D eigenvalue weighted by Crippen LogP contribution is -2.43. The number of nitrogens with one attached hydrogen (secondary N) is 1. The van der Waals surface area contributed by atoms with Gasteiger partial charge in [0.25, 0.3) is 0 Å². The summed E-state index contributed by atoms with van der Waals surface area (Å²) >= 11 is 0. The molecular formula is C15H18FN3O. The van der Waals surface area contributed by atoms with E-state index in [4.69, 9.17) is 4.42 Å². The van der Waals surface area contributed by atoms with E-state index < -0.39 is 0 Å². The zero-order chi connectivity index (χ0) is 14.1. The van der Waals surface area contributed by atoms with E-state index in [1.165, 1.54) is 6.07 Å². The lowest BCUT2D eigenvalue weighted by molar-refractivity contribution is 0.495. The minimum atomic E-state index is -0.187. The first-order valence-electron chi connectivity index (χ1n) is 6.85. The molecule has 1 aliphatic rings. The monoisotopic (exact) mass is 275 g/mol. The molecule has 3 rings (SSSR count). The van der Waals surface area contributed by atoms with Crippen molar-refractivity contribution < 1.29 is 8.81 Å². The van der Waals surface area contributed by atoms with Crippen molar-refractivity contribution in [2.75, 3.05) is 31.1 Å². The number of halogens is 1. The molecule has 1 aromatic heterocycles. The Morgan fingerprint density at radius 2 is 2.00 bits per heavy atom. The quantitative estimate of drug-likeness (QED) is 0.914. The van der Waals surface area contributed by atoms with Crippen LogP contribution in [-0.4, -0.2) is 31.2 Å². The van der Waals surface area contributed by atoms with Crippen molar-refractivity contribution in [1.82, 2.24) is 10.3 Å². The third-order valence-electron chi connectivity index (χ3n) is 3.58. The average molecular weight is 275 g/mol. The van der Waals surface area contributed by atoms with Crippen LogP contribution in [0.15, 0.2) is 22.6 Å². The predicted octanol–water partition coefficient (Wildman–Crippen LogP) is 2.51. The summed E-state index contributed by atoms with van der Waals surface area (Å²) in [5.41, 5.74) is 2.33. The first-order valence-corrected chi connectivity index (χ1v) is 6.85. The number of nitrogens with zero attached hydrogens (tertiary/aromatic N) is 2. The fraction of sp³-hybridized carbons (Fsp3) is 0.400. The molecule has 2 aromatic rings. The highest BCUT2D eigenvalue weighted by Gasteiger charge is 2.17. The molecule has 0 atom stereocenters. The van der Waals surface area contributed by atoms with Crippen molar-refractivity contribution in [3.05, 3.63) is 35.7 Å². The minimum absolute atomic E-state index is 0.187. The minimum Gasteiger partial charge on any atom is -0.446 e. The number of aryl methyl sites for hydroxylation is 2. The van der Waals surface area contributed by atoms with Crippen LogP contribution in [0.5, 0.6) is 0 Å². The molecule has 0 spiro atoms. The topological polar surface area (TPSA) is 41.3 Å². The molecule has 20 heavy (non-hydrogen) atoms. The second-order valence-electron chi connectivity index (χ2n) is 5.04. The van der Waals surface area contributed by atoms with Crippen molar-refractivity contribution in [3.63, 3.8) is 0 Å². The van der Waals surface area contributed by atoms with Gasteiger partial charge in [0.15, 0.2) is 5.89 Å². The molecule has 0 amide bonds. The molecule has 1 aromatic carbocycles. The Labute approximate surface area is 117 Å². The second-order valence-corrected chi connectivity index (χ2v) is 5.04. The Bertz CT molecular complexity index is 618. The van der Waals surface area contributed by atoms with Gasteiger partial charge >= 0.3 is 0 Å². The van der Waals surface area contributed by atoms with E-state index in [9.17, 15) is 4.39 Å². The zero-order valence-electron chi connectivity index (χ0n) is 11.7. The number of anilines is 1. The molecule has 0 aliphatic carbocycles. The molecule has 1 fully saturated rings. The first kappa shape index (κ1) is 13.1. The molecule has 0 saturated carbocycles. The van der Waals surface area contributed by atoms with Gasteiger partial charge in [0, 0.05) is 38.7 Å². The van der Waals surface area contributed by atoms with Gasteiger partial charge in [-0.1, -0.05) is 0 Å². The van der Waals surface area contributed by atoms with Gasteiger partial charge in [-0.3, -0.25) is 0 Å². The van der Waals surface area contributed by atoms with Crippen molar-refractivity contribution in [2.45, 2.75) is 13.8 Å². The van der Waals surface area contributed by atoms with Crippen LogP contribution >= 0.6 is 0 Å². The van der Waals surface area contributed by atoms with Gasteiger partial charge in [-0.05, 0) is 25.1 Å². The summed E-state index contributed by atoms with van der Waals surface area (Å²) in [5.74, 6) is 1.21. The Morgan fingerprint density at radius 3 is 2.65 bits per heavy atom. The van der Waals surface area contributed by atoms with E-state index in [0.29, 0.717) is 11.6 Å². The summed E-state index contributed by atoms with van der Waals surface area (Å²) in [6.45, 7) is 7.09. The summed E-state index contributed by atoms with van der Waals surface area (Å²) in [4.78, 5) is 6.44. The third kappa shape index (κ3) is 2.41. The number of hydrogen-bond acceptors (Lipinski definition) is 4. The lowest BCUT2D eigenvalue weighted by Gasteiger charge is -2.30. The van der Waals surface area contributed by atoms with E-state index in [1.807, 2.05) is 19.9 Å². The Kier molecular flexibility index (Phi) is 3.44. The molecule has 106 valence electrons. The molecule has 4 nitrogen and oxygen atoms in total. The van der Waals surface area contributed by atoms with Crippen molar-refractivity contribution >= 4 is 5.69 Å². The lowest BCUT2D eigenvalue weighted by atomic mass is 10.1. The van der Waals surface area contributed by atoms with E-state index in [2.05, 4.69) is 15.2 Å². The van der Waals surface area contributed by atoms with E-state index >= 15 is 0 Å². The van der Waals surface area contributed by atoms with E-state index in [-0.39, 0.29) is 5.82 Å².